The Kier molecular flexibility index (Phi) is 7.94. The number of anilines is 1. The fraction of sp³-hybridized carbons (Fsp3) is 0.700. The molecule has 0 aromatic carbocycles. The van der Waals surface area contributed by atoms with Crippen molar-refractivity contribution in [3.05, 3.63) is 11.6 Å². The molecule has 2 aromatic heterocycles. The fourth-order valence-electron chi connectivity index (χ4n) is 3.94. The summed E-state index contributed by atoms with van der Waals surface area (Å²) < 4.78 is 24.4. The van der Waals surface area contributed by atoms with Gasteiger partial charge in [-0.25, -0.2) is 24.7 Å². The third-order valence-corrected chi connectivity index (χ3v) is 5.62. The van der Waals surface area contributed by atoms with Gasteiger partial charge >= 0.3 is 5.97 Å². The summed E-state index contributed by atoms with van der Waals surface area (Å²) in [6, 6.07) is 0.128. The summed E-state index contributed by atoms with van der Waals surface area (Å²) in [5.74, 6) is 0.122. The molecule has 4 rings (SSSR count). The summed E-state index contributed by atoms with van der Waals surface area (Å²) in [5.41, 5.74) is 0.966. The van der Waals surface area contributed by atoms with Crippen LogP contribution in [0.15, 0.2) is 6.33 Å². The maximum Gasteiger partial charge on any atom is 0.302 e. The molecule has 0 bridgehead atoms. The molecule has 0 saturated carbocycles. The van der Waals surface area contributed by atoms with Gasteiger partial charge in [0.2, 0.25) is 5.28 Å². The molecule has 2 fully saturated rings. The molecule has 0 amide bonds. The second-order valence-electron chi connectivity index (χ2n) is 7.61. The molecular weight excluding hydrogens is 458 g/mol. The van der Waals surface area contributed by atoms with Crippen LogP contribution in [-0.2, 0) is 33.5 Å². The Morgan fingerprint density at radius 1 is 1.30 bits per heavy atom. The Balaban J connectivity index is 1.68. The number of nitrogens with zero attached hydrogens (tertiary/aromatic N) is 4. The molecule has 0 aliphatic carbocycles. The molecule has 1 N–H and O–H groups in total. The van der Waals surface area contributed by atoms with E-state index in [4.69, 9.17) is 40.3 Å². The molecule has 33 heavy (non-hydrogen) atoms. The lowest BCUT2D eigenvalue weighted by Gasteiger charge is -2.23. The van der Waals surface area contributed by atoms with Crippen LogP contribution < -0.4 is 5.32 Å². The minimum atomic E-state index is -0.758. The van der Waals surface area contributed by atoms with E-state index < -0.39 is 30.5 Å². The largest absolute Gasteiger partial charge is 0.463 e. The molecule has 12 nitrogen and oxygen atoms in total. The van der Waals surface area contributed by atoms with Crippen molar-refractivity contribution in [2.75, 3.05) is 38.4 Å². The molecule has 182 valence electrons. The molecule has 13 heteroatoms. The number of hydrogen-bond acceptors (Lipinski definition) is 11. The van der Waals surface area contributed by atoms with Crippen molar-refractivity contribution in [3.63, 3.8) is 0 Å². The van der Waals surface area contributed by atoms with Crippen LogP contribution in [0.3, 0.4) is 0 Å². The van der Waals surface area contributed by atoms with Gasteiger partial charge in [0.05, 0.1) is 19.3 Å². The van der Waals surface area contributed by atoms with Crippen LogP contribution in [0.1, 0.15) is 33.4 Å². The van der Waals surface area contributed by atoms with Crippen molar-refractivity contribution in [1.29, 1.82) is 0 Å². The molecule has 4 heterocycles. The lowest BCUT2D eigenvalue weighted by molar-refractivity contribution is -0.340. The standard InChI is InChI=1S/C20H28ClN5O7/c1-4-29-16-15(33-31-5-2)13(9-30-11(3)27)32-19(16)26-18-14(25-20(26)21)17(22-10-23-18)24-12-6-7-28-8-12/h10,12-13,15-16,19H,4-9H2,1-3H3,(H,22,23,24)/t12?,13-,15-,16-,19?/m1/s1. The van der Waals surface area contributed by atoms with Gasteiger partial charge in [0.15, 0.2) is 29.3 Å². The average molecular weight is 486 g/mol. The number of esters is 1. The molecule has 2 saturated heterocycles. The van der Waals surface area contributed by atoms with Gasteiger partial charge < -0.3 is 24.3 Å². The molecule has 5 atom stereocenters. The number of aromatic nitrogens is 4. The summed E-state index contributed by atoms with van der Waals surface area (Å²) in [7, 11) is 0. The highest BCUT2D eigenvalue weighted by Crippen LogP contribution is 2.38. The Labute approximate surface area is 195 Å². The van der Waals surface area contributed by atoms with Gasteiger partial charge in [-0.05, 0) is 31.9 Å². The predicted molar refractivity (Wildman–Crippen MR) is 116 cm³/mol. The van der Waals surface area contributed by atoms with E-state index in [0.29, 0.717) is 43.4 Å². The second kappa shape index (κ2) is 10.9. The Morgan fingerprint density at radius 2 is 2.15 bits per heavy atom. The van der Waals surface area contributed by atoms with Gasteiger partial charge in [-0.1, -0.05) is 0 Å². The first-order chi connectivity index (χ1) is 16.0. The Hall–Kier alpha value is -2.09. The SMILES string of the molecule is CCOO[C@@H]1[C@@H](COC(C)=O)OC(n2c(Cl)nc3c(NC4CCOC4)ncnc32)[C@@H]1OCC. The van der Waals surface area contributed by atoms with Crippen molar-refractivity contribution in [1.82, 2.24) is 19.5 Å². The number of imidazole rings is 1. The van der Waals surface area contributed by atoms with E-state index in [2.05, 4.69) is 20.3 Å². The number of fused-ring (bicyclic) bond motifs is 1. The molecule has 2 unspecified atom stereocenters. The van der Waals surface area contributed by atoms with Crippen molar-refractivity contribution >= 4 is 34.6 Å². The van der Waals surface area contributed by atoms with E-state index >= 15 is 0 Å². The number of halogens is 1. The van der Waals surface area contributed by atoms with Crippen molar-refractivity contribution in [3.8, 4) is 0 Å². The first-order valence-electron chi connectivity index (χ1n) is 10.9. The number of carbonyl (C=O) groups is 1. The average Bonchev–Trinajstić information content (AvgIpc) is 3.49. The summed E-state index contributed by atoms with van der Waals surface area (Å²) in [4.78, 5) is 35.4. The lowest BCUT2D eigenvalue weighted by Crippen LogP contribution is -2.39. The van der Waals surface area contributed by atoms with Crippen molar-refractivity contribution in [2.45, 2.75) is 57.8 Å². The first-order valence-corrected chi connectivity index (χ1v) is 11.3. The highest BCUT2D eigenvalue weighted by molar-refractivity contribution is 6.29. The quantitative estimate of drug-likeness (QED) is 0.229. The van der Waals surface area contributed by atoms with Gasteiger partial charge in [-0.2, -0.15) is 0 Å². The van der Waals surface area contributed by atoms with Gasteiger partial charge in [0.25, 0.3) is 0 Å². The molecule has 2 aromatic rings. The van der Waals surface area contributed by atoms with Crippen LogP contribution >= 0.6 is 11.6 Å². The van der Waals surface area contributed by atoms with E-state index in [-0.39, 0.29) is 17.9 Å². The van der Waals surface area contributed by atoms with Crippen LogP contribution in [0.5, 0.6) is 0 Å². The molecule has 0 radical (unpaired) electrons. The maximum atomic E-state index is 11.4. The van der Waals surface area contributed by atoms with E-state index in [0.717, 1.165) is 6.42 Å². The number of nitrogens with one attached hydrogen (secondary N) is 1. The lowest BCUT2D eigenvalue weighted by atomic mass is 10.1. The monoisotopic (exact) mass is 485 g/mol. The number of rotatable bonds is 10. The van der Waals surface area contributed by atoms with Crippen LogP contribution in [-0.4, -0.2) is 82.9 Å². The molecule has 2 aliphatic rings. The summed E-state index contributed by atoms with van der Waals surface area (Å²) in [5, 5.41) is 3.49. The third-order valence-electron chi connectivity index (χ3n) is 5.35. The van der Waals surface area contributed by atoms with Crippen molar-refractivity contribution in [2.24, 2.45) is 0 Å². The van der Waals surface area contributed by atoms with Crippen LogP contribution in [0, 0.1) is 0 Å². The molecular formula is C20H28ClN5O7. The van der Waals surface area contributed by atoms with Gasteiger partial charge in [-0.3, -0.25) is 9.36 Å². The van der Waals surface area contributed by atoms with Gasteiger partial charge in [-0.15, -0.1) is 0 Å². The van der Waals surface area contributed by atoms with Crippen molar-refractivity contribution < 1.29 is 33.5 Å². The Morgan fingerprint density at radius 3 is 2.85 bits per heavy atom. The zero-order valence-corrected chi connectivity index (χ0v) is 19.5. The second-order valence-corrected chi connectivity index (χ2v) is 7.94. The summed E-state index contributed by atoms with van der Waals surface area (Å²) in [6.07, 6.45) is -0.433. The third kappa shape index (κ3) is 5.20. The highest BCUT2D eigenvalue weighted by Gasteiger charge is 2.50. The number of hydrogen-bond donors (Lipinski definition) is 1. The normalized spacial score (nSPS) is 27.3. The van der Waals surface area contributed by atoms with Gasteiger partial charge in [0, 0.05) is 20.1 Å². The van der Waals surface area contributed by atoms with Crippen LogP contribution in [0.2, 0.25) is 5.28 Å². The zero-order valence-electron chi connectivity index (χ0n) is 18.7. The maximum absolute atomic E-state index is 11.4. The smallest absolute Gasteiger partial charge is 0.302 e. The fourth-order valence-corrected chi connectivity index (χ4v) is 4.20. The predicted octanol–water partition coefficient (Wildman–Crippen LogP) is 1.88. The number of carbonyl (C=O) groups excluding carboxylic acids is 1. The van der Waals surface area contributed by atoms with Crippen LogP contribution in [0.25, 0.3) is 11.2 Å². The van der Waals surface area contributed by atoms with Crippen LogP contribution in [0.4, 0.5) is 5.82 Å². The topological polar surface area (TPSA) is 128 Å². The number of ether oxygens (including phenoxy) is 4. The Bertz CT molecular complexity index is 954. The van der Waals surface area contributed by atoms with E-state index in [9.17, 15) is 4.79 Å². The molecule has 0 spiro atoms. The van der Waals surface area contributed by atoms with Gasteiger partial charge in [0.1, 0.15) is 25.1 Å². The first kappa shape index (κ1) is 24.0. The summed E-state index contributed by atoms with van der Waals surface area (Å²) >= 11 is 6.57. The zero-order chi connectivity index (χ0) is 23.4. The minimum Gasteiger partial charge on any atom is -0.463 e. The summed E-state index contributed by atoms with van der Waals surface area (Å²) in [6.45, 7) is 6.92. The molecule has 2 aliphatic heterocycles. The van der Waals surface area contributed by atoms with E-state index in [1.54, 1.807) is 11.5 Å². The highest BCUT2D eigenvalue weighted by atomic mass is 35.5. The van der Waals surface area contributed by atoms with E-state index in [1.165, 1.54) is 13.3 Å². The van der Waals surface area contributed by atoms with E-state index in [1.807, 2.05) is 6.92 Å². The minimum absolute atomic E-state index is 0.0408.